The number of fused-ring (bicyclic) bond motifs is 2. The number of hydrogen-bond donors (Lipinski definition) is 3. The lowest BCUT2D eigenvalue weighted by molar-refractivity contribution is -0.108. The van der Waals surface area contributed by atoms with E-state index in [1.54, 1.807) is 30.0 Å². The van der Waals surface area contributed by atoms with Gasteiger partial charge in [-0.15, -0.1) is 11.3 Å². The maximum absolute atomic E-state index is 13.8. The van der Waals surface area contributed by atoms with E-state index in [1.165, 1.54) is 19.1 Å². The maximum Gasteiger partial charge on any atom is 0.292 e. The van der Waals surface area contributed by atoms with Gasteiger partial charge in [0.25, 0.3) is 12.3 Å². The number of rotatable bonds is 9. The second-order valence-electron chi connectivity index (χ2n) is 11.0. The fourth-order valence-electron chi connectivity index (χ4n) is 5.63. The van der Waals surface area contributed by atoms with Gasteiger partial charge in [-0.3, -0.25) is 4.68 Å². The number of nitrogens with one attached hydrogen (secondary N) is 2. The van der Waals surface area contributed by atoms with Crippen LogP contribution in [0.15, 0.2) is 48.0 Å². The van der Waals surface area contributed by atoms with E-state index in [9.17, 15) is 31.1 Å². The molecule has 3 aromatic heterocycles. The summed E-state index contributed by atoms with van der Waals surface area (Å²) in [6.45, 7) is 0.859. The number of likely N-dealkylation sites (N-methyl/N-ethyl adjacent to an activating group) is 1. The van der Waals surface area contributed by atoms with Gasteiger partial charge < -0.3 is 21.3 Å². The molecule has 0 amide bonds. The van der Waals surface area contributed by atoms with E-state index in [4.69, 9.17) is 11.1 Å². The Hall–Kier alpha value is -4.63. The molecular formula is C32H29F6N7OS. The summed E-state index contributed by atoms with van der Waals surface area (Å²) < 4.78 is 82.0. The van der Waals surface area contributed by atoms with Gasteiger partial charge in [0, 0.05) is 29.3 Å². The summed E-state index contributed by atoms with van der Waals surface area (Å²) in [5.41, 5.74) is 11.0. The molecule has 8 nitrogen and oxygen atoms in total. The van der Waals surface area contributed by atoms with Gasteiger partial charge >= 0.3 is 0 Å². The summed E-state index contributed by atoms with van der Waals surface area (Å²) in [7, 11) is 1.76. The van der Waals surface area contributed by atoms with Crippen molar-refractivity contribution < 1.29 is 31.1 Å². The van der Waals surface area contributed by atoms with E-state index in [1.807, 2.05) is 18.2 Å². The van der Waals surface area contributed by atoms with Crippen molar-refractivity contribution in [1.29, 1.82) is 5.41 Å². The first-order chi connectivity index (χ1) is 22.4. The third kappa shape index (κ3) is 6.76. The summed E-state index contributed by atoms with van der Waals surface area (Å²) in [5, 5.41) is 14.2. The van der Waals surface area contributed by atoms with Gasteiger partial charge in [-0.05, 0) is 61.3 Å². The van der Waals surface area contributed by atoms with Gasteiger partial charge in [0.1, 0.15) is 35.0 Å². The van der Waals surface area contributed by atoms with Crippen LogP contribution in [0.4, 0.5) is 32.0 Å². The van der Waals surface area contributed by atoms with Crippen molar-refractivity contribution in [3.63, 3.8) is 0 Å². The number of aromatic nitrogens is 4. The highest BCUT2D eigenvalue weighted by Crippen LogP contribution is 2.48. The zero-order valence-electron chi connectivity index (χ0n) is 25.1. The van der Waals surface area contributed by atoms with Crippen molar-refractivity contribution in [2.45, 2.75) is 44.7 Å². The van der Waals surface area contributed by atoms with Crippen molar-refractivity contribution in [3.05, 3.63) is 93.5 Å². The number of pyridine rings is 1. The number of aldehydes is 1. The van der Waals surface area contributed by atoms with E-state index >= 15 is 0 Å². The highest BCUT2D eigenvalue weighted by molar-refractivity contribution is 7.16. The molecule has 47 heavy (non-hydrogen) atoms. The Morgan fingerprint density at radius 3 is 2.51 bits per heavy atom. The van der Waals surface area contributed by atoms with Gasteiger partial charge in [-0.1, -0.05) is 13.0 Å². The number of carbonyl (C=O) groups excluding carboxylic acids is 1. The van der Waals surface area contributed by atoms with Crippen LogP contribution in [0.2, 0.25) is 0 Å². The molecule has 4 N–H and O–H groups in total. The van der Waals surface area contributed by atoms with Crippen LogP contribution >= 0.6 is 11.3 Å². The number of nitrogen functional groups attached to an aromatic ring is 1. The molecule has 3 heterocycles. The summed E-state index contributed by atoms with van der Waals surface area (Å²) in [5.74, 6) is -5.51. The molecule has 6 rings (SSSR count). The van der Waals surface area contributed by atoms with E-state index in [0.29, 0.717) is 40.0 Å². The van der Waals surface area contributed by atoms with E-state index < -0.39 is 47.8 Å². The molecule has 15 heteroatoms. The largest absolute Gasteiger partial charge is 0.397 e. The molecule has 0 aliphatic heterocycles. The van der Waals surface area contributed by atoms with Gasteiger partial charge in [0.05, 0.1) is 39.7 Å². The molecule has 1 aliphatic carbocycles. The van der Waals surface area contributed by atoms with Crippen molar-refractivity contribution in [3.8, 4) is 11.1 Å². The highest BCUT2D eigenvalue weighted by atomic mass is 32.1. The molecule has 246 valence electrons. The Morgan fingerprint density at radius 1 is 1.15 bits per heavy atom. The Balaban J connectivity index is 0.000000216. The highest BCUT2D eigenvalue weighted by Gasteiger charge is 2.51. The Kier molecular flexibility index (Phi) is 9.77. The molecule has 5 aromatic rings. The second-order valence-corrected chi connectivity index (χ2v) is 11.9. The molecule has 0 spiro atoms. The number of halogens is 6. The van der Waals surface area contributed by atoms with Crippen LogP contribution in [-0.4, -0.2) is 39.3 Å². The van der Waals surface area contributed by atoms with Crippen LogP contribution < -0.4 is 11.1 Å². The number of alkyl halides is 4. The smallest absolute Gasteiger partial charge is 0.292 e. The van der Waals surface area contributed by atoms with Gasteiger partial charge in [0.2, 0.25) is 0 Å². The number of nitrogens with two attached hydrogens (primary N) is 1. The number of carbonyl (C=O) groups is 1. The van der Waals surface area contributed by atoms with Crippen LogP contribution in [0.3, 0.4) is 0 Å². The van der Waals surface area contributed by atoms with Crippen LogP contribution in [0, 0.1) is 23.0 Å². The minimum atomic E-state index is -3.21. The number of thiazole rings is 1. The van der Waals surface area contributed by atoms with Crippen LogP contribution in [0.5, 0.6) is 0 Å². The van der Waals surface area contributed by atoms with Gasteiger partial charge in [-0.25, -0.2) is 27.5 Å². The first kappa shape index (κ1) is 33.7. The third-order valence-corrected chi connectivity index (χ3v) is 8.72. The lowest BCUT2D eigenvalue weighted by Gasteiger charge is -2.21. The first-order valence-electron chi connectivity index (χ1n) is 14.3. The molecule has 2 aromatic carbocycles. The monoisotopic (exact) mass is 673 g/mol. The predicted octanol–water partition coefficient (Wildman–Crippen LogP) is 7.02. The third-order valence-electron chi connectivity index (χ3n) is 7.91. The first-order valence-corrected chi connectivity index (χ1v) is 15.2. The van der Waals surface area contributed by atoms with Crippen molar-refractivity contribution in [2.24, 2.45) is 5.92 Å². The van der Waals surface area contributed by atoms with Crippen molar-refractivity contribution in [1.82, 2.24) is 25.1 Å². The normalized spacial score (nSPS) is 15.7. The van der Waals surface area contributed by atoms with Crippen molar-refractivity contribution in [2.75, 3.05) is 12.8 Å². The summed E-state index contributed by atoms with van der Waals surface area (Å²) in [6, 6.07) is 10.8. The van der Waals surface area contributed by atoms with Gasteiger partial charge in [-0.2, -0.15) is 13.9 Å². The molecule has 0 fully saturated rings. The van der Waals surface area contributed by atoms with Crippen molar-refractivity contribution >= 4 is 39.7 Å². The van der Waals surface area contributed by atoms with E-state index in [0.717, 1.165) is 33.6 Å². The summed E-state index contributed by atoms with van der Waals surface area (Å²) in [4.78, 5) is 19.3. The summed E-state index contributed by atoms with van der Waals surface area (Å²) >= 11 is 1.56. The molecular weight excluding hydrogens is 644 g/mol. The molecule has 0 saturated carbocycles. The maximum atomic E-state index is 13.8. The van der Waals surface area contributed by atoms with Crippen LogP contribution in [0.25, 0.3) is 21.3 Å². The number of benzene rings is 2. The van der Waals surface area contributed by atoms with Crippen LogP contribution in [0.1, 0.15) is 53.3 Å². The summed E-state index contributed by atoms with van der Waals surface area (Å²) in [6.07, 6.45) is -1.27. The zero-order valence-corrected chi connectivity index (χ0v) is 25.9. The molecule has 0 radical (unpaired) electrons. The second kappa shape index (κ2) is 13.6. The SMILES string of the molecule is CC1Cc2c(C(F)F)nn(CC=O)c2C1(F)F.CNC(Cc1cc(F)cc(F)c1)c1nc(C=N)c(N)cc1-c1ccc2scnc2c1. The van der Waals surface area contributed by atoms with E-state index in [-0.39, 0.29) is 18.0 Å². The van der Waals surface area contributed by atoms with Gasteiger partial charge in [0.15, 0.2) is 0 Å². The molecule has 0 bridgehead atoms. The Labute approximate surface area is 269 Å². The standard InChI is InChI=1S/C22H19F2N5S.C10H10F4N2O/c1-27-19(6-12-4-14(23)8-15(24)5-12)22-16(9-17(26)20(10-25)29-22)13-2-3-21-18(7-13)28-11-30-21;1-5-4-6-7(9(11)12)15-16(2-3-17)8(6)10(5,13)14/h2-5,7-11,19,25,27H,6,26H2,1H3;3,5,9H,2,4H2,1H3. The molecule has 1 aliphatic rings. The lowest BCUT2D eigenvalue weighted by Crippen LogP contribution is -2.23. The average molecular weight is 674 g/mol. The Bertz CT molecular complexity index is 1920. The predicted molar refractivity (Wildman–Crippen MR) is 167 cm³/mol. The zero-order chi connectivity index (χ0) is 34.0. The fraction of sp³-hybridized carbons (Fsp3) is 0.281. The number of anilines is 1. The van der Waals surface area contributed by atoms with E-state index in [2.05, 4.69) is 20.4 Å². The average Bonchev–Trinajstić information content (AvgIpc) is 3.70. The number of hydrogen-bond acceptors (Lipinski definition) is 8. The lowest BCUT2D eigenvalue weighted by atomic mass is 9.94. The molecule has 2 atom stereocenters. The molecule has 2 unspecified atom stereocenters. The quantitative estimate of drug-likeness (QED) is 0.0878. The number of nitrogens with zero attached hydrogens (tertiary/aromatic N) is 4. The minimum absolute atomic E-state index is 0.112. The Morgan fingerprint density at radius 2 is 1.87 bits per heavy atom. The fourth-order valence-corrected chi connectivity index (χ4v) is 6.29. The minimum Gasteiger partial charge on any atom is -0.397 e. The topological polar surface area (TPSA) is 123 Å². The molecule has 0 saturated heterocycles. The van der Waals surface area contributed by atoms with Crippen LogP contribution in [-0.2, 0) is 30.1 Å².